The largest absolute Gasteiger partial charge is 0.494 e. The van der Waals surface area contributed by atoms with E-state index in [9.17, 15) is 4.79 Å². The summed E-state index contributed by atoms with van der Waals surface area (Å²) in [6, 6.07) is 6.02. The molecule has 0 aliphatic rings. The summed E-state index contributed by atoms with van der Waals surface area (Å²) in [4.78, 5) is 12.0. The molecule has 2 rings (SSSR count). The highest BCUT2D eigenvalue weighted by Gasteiger charge is 2.18. The molecule has 0 fully saturated rings. The van der Waals surface area contributed by atoms with Gasteiger partial charge in [-0.1, -0.05) is 13.8 Å². The van der Waals surface area contributed by atoms with Gasteiger partial charge in [-0.15, -0.1) is 0 Å². The molecule has 3 heteroatoms. The number of Topliss-reactive ketones (excluding diaryl/α,β-unsaturated/α-hetero) is 1. The zero-order chi connectivity index (χ0) is 14.9. The summed E-state index contributed by atoms with van der Waals surface area (Å²) < 4.78 is 7.80. The number of hydrogen-bond donors (Lipinski definition) is 0. The van der Waals surface area contributed by atoms with E-state index in [2.05, 4.69) is 24.5 Å². The molecular formula is C17H23NO2. The predicted octanol–water partition coefficient (Wildman–Crippen LogP) is 4.21. The average Bonchev–Trinajstić information content (AvgIpc) is 2.62. The van der Waals surface area contributed by atoms with Crippen molar-refractivity contribution < 1.29 is 9.53 Å². The van der Waals surface area contributed by atoms with Crippen LogP contribution in [0.25, 0.3) is 10.9 Å². The van der Waals surface area contributed by atoms with Gasteiger partial charge in [-0.25, -0.2) is 0 Å². The Bertz CT molecular complexity index is 638. The molecule has 108 valence electrons. The fraction of sp³-hybridized carbons (Fsp3) is 0.471. The minimum absolute atomic E-state index is 0.114. The fourth-order valence-corrected chi connectivity index (χ4v) is 2.76. The van der Waals surface area contributed by atoms with Gasteiger partial charge in [-0.2, -0.15) is 0 Å². The molecule has 0 radical (unpaired) electrons. The second-order valence-corrected chi connectivity index (χ2v) is 5.63. The summed E-state index contributed by atoms with van der Waals surface area (Å²) in [5.41, 5.74) is 2.99. The summed E-state index contributed by atoms with van der Waals surface area (Å²) in [5, 5.41) is 1.00. The summed E-state index contributed by atoms with van der Waals surface area (Å²) >= 11 is 0. The molecule has 3 nitrogen and oxygen atoms in total. The van der Waals surface area contributed by atoms with Crippen LogP contribution >= 0.6 is 0 Å². The quantitative estimate of drug-likeness (QED) is 0.764. The Labute approximate surface area is 120 Å². The molecule has 0 aliphatic heterocycles. The smallest absolute Gasteiger partial charge is 0.162 e. The summed E-state index contributed by atoms with van der Waals surface area (Å²) in [5.74, 6) is 1.48. The minimum Gasteiger partial charge on any atom is -0.494 e. The Hall–Kier alpha value is -1.77. The van der Waals surface area contributed by atoms with Gasteiger partial charge in [0.15, 0.2) is 5.78 Å². The van der Waals surface area contributed by atoms with Crippen molar-refractivity contribution in [2.75, 3.05) is 6.61 Å². The van der Waals surface area contributed by atoms with Gasteiger partial charge in [-0.3, -0.25) is 4.79 Å². The fourth-order valence-electron chi connectivity index (χ4n) is 2.76. The maximum atomic E-state index is 12.0. The van der Waals surface area contributed by atoms with Crippen molar-refractivity contribution in [1.82, 2.24) is 4.57 Å². The number of carbonyl (C=O) groups is 1. The van der Waals surface area contributed by atoms with E-state index in [0.29, 0.717) is 12.5 Å². The zero-order valence-corrected chi connectivity index (χ0v) is 13.0. The third-order valence-corrected chi connectivity index (χ3v) is 3.51. The van der Waals surface area contributed by atoms with Crippen LogP contribution in [-0.4, -0.2) is 17.0 Å². The van der Waals surface area contributed by atoms with Crippen molar-refractivity contribution in [2.24, 2.45) is 5.92 Å². The van der Waals surface area contributed by atoms with E-state index in [4.69, 9.17) is 4.74 Å². The number of aromatic nitrogens is 1. The number of ketones is 1. The Morgan fingerprint density at radius 1 is 1.35 bits per heavy atom. The van der Waals surface area contributed by atoms with Crippen molar-refractivity contribution in [3.8, 4) is 5.75 Å². The number of carbonyl (C=O) groups excluding carboxylic acids is 1. The van der Waals surface area contributed by atoms with Crippen molar-refractivity contribution >= 4 is 16.7 Å². The van der Waals surface area contributed by atoms with Crippen LogP contribution in [-0.2, 0) is 6.54 Å². The number of rotatable bonds is 5. The molecule has 0 amide bonds. The van der Waals surface area contributed by atoms with E-state index in [1.165, 1.54) is 0 Å². The van der Waals surface area contributed by atoms with E-state index in [-0.39, 0.29) is 5.78 Å². The molecule has 1 heterocycles. The van der Waals surface area contributed by atoms with E-state index in [1.54, 1.807) is 6.92 Å². The SMILES string of the molecule is CCOc1ccc2c(c1)c(C(C)=O)c(C)n2CC(C)C. The Morgan fingerprint density at radius 3 is 2.60 bits per heavy atom. The lowest BCUT2D eigenvalue weighted by Gasteiger charge is -2.11. The maximum Gasteiger partial charge on any atom is 0.162 e. The van der Waals surface area contributed by atoms with E-state index < -0.39 is 0 Å². The average molecular weight is 273 g/mol. The lowest BCUT2D eigenvalue weighted by molar-refractivity contribution is 0.101. The molecule has 0 saturated carbocycles. The first-order valence-corrected chi connectivity index (χ1v) is 7.22. The van der Waals surface area contributed by atoms with Crippen LogP contribution < -0.4 is 4.74 Å². The second-order valence-electron chi connectivity index (χ2n) is 5.63. The number of benzene rings is 1. The molecular weight excluding hydrogens is 250 g/mol. The van der Waals surface area contributed by atoms with Crippen LogP contribution in [0, 0.1) is 12.8 Å². The van der Waals surface area contributed by atoms with Crippen molar-refractivity contribution in [1.29, 1.82) is 0 Å². The molecule has 1 aromatic heterocycles. The standard InChI is InChI=1S/C17H23NO2/c1-6-20-14-7-8-16-15(9-14)17(13(5)19)12(4)18(16)10-11(2)3/h7-9,11H,6,10H2,1-5H3. The third kappa shape index (κ3) is 2.58. The topological polar surface area (TPSA) is 31.2 Å². The molecule has 0 unspecified atom stereocenters. The Morgan fingerprint density at radius 2 is 2.05 bits per heavy atom. The van der Waals surface area contributed by atoms with Crippen LogP contribution in [0.5, 0.6) is 5.75 Å². The van der Waals surface area contributed by atoms with Crippen molar-refractivity contribution in [2.45, 2.75) is 41.2 Å². The molecule has 0 atom stereocenters. The Kier molecular flexibility index (Phi) is 4.17. The van der Waals surface area contributed by atoms with Crippen LogP contribution in [0.4, 0.5) is 0 Å². The monoisotopic (exact) mass is 273 g/mol. The van der Waals surface area contributed by atoms with Crippen molar-refractivity contribution in [3.63, 3.8) is 0 Å². The first-order valence-electron chi connectivity index (χ1n) is 7.22. The third-order valence-electron chi connectivity index (χ3n) is 3.51. The number of nitrogens with zero attached hydrogens (tertiary/aromatic N) is 1. The predicted molar refractivity (Wildman–Crippen MR) is 82.7 cm³/mol. The van der Waals surface area contributed by atoms with Gasteiger partial charge in [0, 0.05) is 28.7 Å². The van der Waals surface area contributed by atoms with Gasteiger partial charge in [0.2, 0.25) is 0 Å². The number of ether oxygens (including phenoxy) is 1. The molecule has 20 heavy (non-hydrogen) atoms. The highest BCUT2D eigenvalue weighted by Crippen LogP contribution is 2.30. The molecule has 0 aliphatic carbocycles. The molecule has 0 saturated heterocycles. The lowest BCUT2D eigenvalue weighted by atomic mass is 10.1. The molecule has 0 bridgehead atoms. The molecule has 2 aromatic rings. The first kappa shape index (κ1) is 14.6. The van der Waals surface area contributed by atoms with E-state index in [0.717, 1.165) is 34.5 Å². The molecule has 1 aromatic carbocycles. The highest BCUT2D eigenvalue weighted by atomic mass is 16.5. The summed E-state index contributed by atoms with van der Waals surface area (Å²) in [6.07, 6.45) is 0. The number of fused-ring (bicyclic) bond motifs is 1. The van der Waals surface area contributed by atoms with Crippen LogP contribution in [0.2, 0.25) is 0 Å². The van der Waals surface area contributed by atoms with Gasteiger partial charge < -0.3 is 9.30 Å². The zero-order valence-electron chi connectivity index (χ0n) is 13.0. The number of hydrogen-bond acceptors (Lipinski definition) is 2. The normalized spacial score (nSPS) is 11.3. The van der Waals surface area contributed by atoms with Gasteiger partial charge in [0.1, 0.15) is 5.75 Å². The van der Waals surface area contributed by atoms with Gasteiger partial charge >= 0.3 is 0 Å². The van der Waals surface area contributed by atoms with Gasteiger partial charge in [-0.05, 0) is 44.9 Å². The highest BCUT2D eigenvalue weighted by molar-refractivity contribution is 6.08. The molecule has 0 N–H and O–H groups in total. The minimum atomic E-state index is 0.114. The van der Waals surface area contributed by atoms with Crippen LogP contribution in [0.3, 0.4) is 0 Å². The van der Waals surface area contributed by atoms with E-state index in [1.807, 2.05) is 26.0 Å². The lowest BCUT2D eigenvalue weighted by Crippen LogP contribution is -2.07. The van der Waals surface area contributed by atoms with Crippen LogP contribution in [0.1, 0.15) is 43.7 Å². The van der Waals surface area contributed by atoms with Gasteiger partial charge in [0.05, 0.1) is 6.61 Å². The van der Waals surface area contributed by atoms with Gasteiger partial charge in [0.25, 0.3) is 0 Å². The second kappa shape index (κ2) is 5.70. The van der Waals surface area contributed by atoms with Crippen LogP contribution in [0.15, 0.2) is 18.2 Å². The van der Waals surface area contributed by atoms with E-state index >= 15 is 0 Å². The first-order chi connectivity index (χ1) is 9.45. The van der Waals surface area contributed by atoms with Crippen molar-refractivity contribution in [3.05, 3.63) is 29.5 Å². The molecule has 0 spiro atoms. The Balaban J connectivity index is 2.69. The summed E-state index contributed by atoms with van der Waals surface area (Å²) in [7, 11) is 0. The maximum absolute atomic E-state index is 12.0. The summed E-state index contributed by atoms with van der Waals surface area (Å²) in [6.45, 7) is 11.6.